The van der Waals surface area contributed by atoms with Crippen LogP contribution in [0, 0.1) is 12.7 Å². The number of halogens is 2. The van der Waals surface area contributed by atoms with Gasteiger partial charge in [0.25, 0.3) is 0 Å². The molecule has 0 aliphatic heterocycles. The first-order valence-electron chi connectivity index (χ1n) is 5.89. The number of aliphatic hydroxyl groups is 1. The van der Waals surface area contributed by atoms with E-state index >= 15 is 0 Å². The zero-order valence-electron chi connectivity index (χ0n) is 10.4. The SMILES string of the molecule is Cc1cc(C(O)CSc2ccccc2Br)ccc1F. The molecule has 1 unspecified atom stereocenters. The van der Waals surface area contributed by atoms with Gasteiger partial charge in [0.1, 0.15) is 5.82 Å². The first kappa shape index (κ1) is 14.6. The van der Waals surface area contributed by atoms with Crippen LogP contribution in [0.25, 0.3) is 0 Å². The predicted molar refractivity (Wildman–Crippen MR) is 81.0 cm³/mol. The van der Waals surface area contributed by atoms with Crippen molar-refractivity contribution >= 4 is 27.7 Å². The minimum atomic E-state index is -0.601. The van der Waals surface area contributed by atoms with Crippen LogP contribution in [-0.2, 0) is 0 Å². The molecule has 4 heteroatoms. The number of benzene rings is 2. The minimum absolute atomic E-state index is 0.241. The Labute approximate surface area is 125 Å². The smallest absolute Gasteiger partial charge is 0.126 e. The van der Waals surface area contributed by atoms with Crippen molar-refractivity contribution in [2.45, 2.75) is 17.9 Å². The molecule has 0 saturated carbocycles. The van der Waals surface area contributed by atoms with Gasteiger partial charge in [-0.3, -0.25) is 0 Å². The number of thioether (sulfide) groups is 1. The van der Waals surface area contributed by atoms with Crippen LogP contribution >= 0.6 is 27.7 Å². The van der Waals surface area contributed by atoms with Crippen molar-refractivity contribution in [3.63, 3.8) is 0 Å². The van der Waals surface area contributed by atoms with Gasteiger partial charge in [0.05, 0.1) is 6.10 Å². The third-order valence-corrected chi connectivity index (χ3v) is 4.90. The molecule has 0 aliphatic rings. The first-order chi connectivity index (χ1) is 9.08. The van der Waals surface area contributed by atoms with Gasteiger partial charge >= 0.3 is 0 Å². The molecule has 19 heavy (non-hydrogen) atoms. The zero-order valence-corrected chi connectivity index (χ0v) is 12.8. The molecule has 100 valence electrons. The Balaban J connectivity index is 2.03. The van der Waals surface area contributed by atoms with Crippen LogP contribution in [0.2, 0.25) is 0 Å². The van der Waals surface area contributed by atoms with E-state index in [9.17, 15) is 9.50 Å². The summed E-state index contributed by atoms with van der Waals surface area (Å²) in [5, 5.41) is 10.1. The second-order valence-electron chi connectivity index (χ2n) is 4.27. The number of hydrogen-bond acceptors (Lipinski definition) is 2. The van der Waals surface area contributed by atoms with Crippen molar-refractivity contribution in [3.05, 3.63) is 63.9 Å². The van der Waals surface area contributed by atoms with Gasteiger partial charge in [-0.15, -0.1) is 11.8 Å². The Morgan fingerprint density at radius 3 is 2.68 bits per heavy atom. The van der Waals surface area contributed by atoms with E-state index in [1.165, 1.54) is 6.07 Å². The van der Waals surface area contributed by atoms with Crippen LogP contribution in [0.1, 0.15) is 17.2 Å². The molecule has 0 spiro atoms. The van der Waals surface area contributed by atoms with E-state index in [1.807, 2.05) is 24.3 Å². The van der Waals surface area contributed by atoms with E-state index in [1.54, 1.807) is 30.8 Å². The molecule has 2 aromatic carbocycles. The molecule has 0 fully saturated rings. The Bertz CT molecular complexity index is 574. The maximum Gasteiger partial charge on any atom is 0.126 e. The van der Waals surface area contributed by atoms with E-state index in [2.05, 4.69) is 15.9 Å². The van der Waals surface area contributed by atoms with Crippen molar-refractivity contribution in [2.75, 3.05) is 5.75 Å². The van der Waals surface area contributed by atoms with Crippen molar-refractivity contribution in [3.8, 4) is 0 Å². The lowest BCUT2D eigenvalue weighted by atomic mass is 10.1. The number of aryl methyl sites for hydroxylation is 1. The zero-order chi connectivity index (χ0) is 13.8. The molecular weight excluding hydrogens is 327 g/mol. The van der Waals surface area contributed by atoms with E-state index in [4.69, 9.17) is 0 Å². The number of rotatable bonds is 4. The molecule has 0 aliphatic carbocycles. The van der Waals surface area contributed by atoms with Crippen molar-refractivity contribution in [1.29, 1.82) is 0 Å². The van der Waals surface area contributed by atoms with Crippen LogP contribution in [0.5, 0.6) is 0 Å². The molecule has 0 amide bonds. The van der Waals surface area contributed by atoms with Gasteiger partial charge in [0, 0.05) is 15.1 Å². The van der Waals surface area contributed by atoms with Gasteiger partial charge in [-0.1, -0.05) is 24.3 Å². The molecular formula is C15H14BrFOS. The first-order valence-corrected chi connectivity index (χ1v) is 7.67. The lowest BCUT2D eigenvalue weighted by molar-refractivity contribution is 0.204. The van der Waals surface area contributed by atoms with Crippen LogP contribution < -0.4 is 0 Å². The van der Waals surface area contributed by atoms with Gasteiger partial charge in [0.2, 0.25) is 0 Å². The molecule has 1 nitrogen and oxygen atoms in total. The van der Waals surface area contributed by atoms with Crippen LogP contribution in [0.15, 0.2) is 51.8 Å². The summed E-state index contributed by atoms with van der Waals surface area (Å²) in [4.78, 5) is 1.08. The third-order valence-electron chi connectivity index (χ3n) is 2.80. The fraction of sp³-hybridized carbons (Fsp3) is 0.200. The molecule has 0 aromatic heterocycles. The summed E-state index contributed by atoms with van der Waals surface area (Å²) in [5.74, 6) is 0.294. The van der Waals surface area contributed by atoms with E-state index in [-0.39, 0.29) is 5.82 Å². The summed E-state index contributed by atoms with van der Waals surface area (Å²) in [6.45, 7) is 1.70. The molecule has 1 atom stereocenters. The van der Waals surface area contributed by atoms with Gasteiger partial charge < -0.3 is 5.11 Å². The summed E-state index contributed by atoms with van der Waals surface area (Å²) < 4.78 is 14.2. The van der Waals surface area contributed by atoms with Gasteiger partial charge in [0.15, 0.2) is 0 Å². The Morgan fingerprint density at radius 2 is 2.00 bits per heavy atom. The molecule has 2 aromatic rings. The molecule has 0 bridgehead atoms. The van der Waals surface area contributed by atoms with Gasteiger partial charge in [-0.25, -0.2) is 4.39 Å². The Hall–Kier alpha value is -0.840. The second-order valence-corrected chi connectivity index (χ2v) is 6.18. The van der Waals surface area contributed by atoms with Gasteiger partial charge in [-0.05, 0) is 52.2 Å². The molecule has 0 heterocycles. The molecule has 0 radical (unpaired) electrons. The average molecular weight is 341 g/mol. The van der Waals surface area contributed by atoms with Crippen molar-refractivity contribution in [1.82, 2.24) is 0 Å². The van der Waals surface area contributed by atoms with E-state index in [0.29, 0.717) is 11.3 Å². The lowest BCUT2D eigenvalue weighted by Crippen LogP contribution is -2.01. The quantitative estimate of drug-likeness (QED) is 0.812. The fourth-order valence-electron chi connectivity index (χ4n) is 1.70. The highest BCUT2D eigenvalue weighted by Crippen LogP contribution is 2.30. The minimum Gasteiger partial charge on any atom is -0.388 e. The topological polar surface area (TPSA) is 20.2 Å². The summed E-state index contributed by atoms with van der Waals surface area (Å²) in [5.41, 5.74) is 1.31. The highest BCUT2D eigenvalue weighted by atomic mass is 79.9. The number of hydrogen-bond donors (Lipinski definition) is 1. The molecule has 0 saturated heterocycles. The normalized spacial score (nSPS) is 12.4. The standard InChI is InChI=1S/C15H14BrFOS/c1-10-8-11(6-7-13(10)17)14(18)9-19-15-5-3-2-4-12(15)16/h2-8,14,18H,9H2,1H3. The maximum absolute atomic E-state index is 13.2. The monoisotopic (exact) mass is 340 g/mol. The fourth-order valence-corrected chi connectivity index (χ4v) is 3.24. The highest BCUT2D eigenvalue weighted by Gasteiger charge is 2.10. The molecule has 1 N–H and O–H groups in total. The van der Waals surface area contributed by atoms with Crippen LogP contribution in [0.4, 0.5) is 4.39 Å². The van der Waals surface area contributed by atoms with Crippen molar-refractivity contribution < 1.29 is 9.50 Å². The maximum atomic E-state index is 13.2. The largest absolute Gasteiger partial charge is 0.388 e. The predicted octanol–water partition coefficient (Wildman–Crippen LogP) is 4.72. The van der Waals surface area contributed by atoms with E-state index in [0.717, 1.165) is 14.9 Å². The van der Waals surface area contributed by atoms with Gasteiger partial charge in [-0.2, -0.15) is 0 Å². The molecule has 2 rings (SSSR count). The Morgan fingerprint density at radius 1 is 1.26 bits per heavy atom. The van der Waals surface area contributed by atoms with Crippen LogP contribution in [-0.4, -0.2) is 10.9 Å². The summed E-state index contributed by atoms with van der Waals surface area (Å²) in [7, 11) is 0. The van der Waals surface area contributed by atoms with E-state index < -0.39 is 6.10 Å². The highest BCUT2D eigenvalue weighted by molar-refractivity contribution is 9.10. The Kier molecular flexibility index (Phi) is 5.02. The third kappa shape index (κ3) is 3.81. The summed E-state index contributed by atoms with van der Waals surface area (Å²) >= 11 is 5.04. The summed E-state index contributed by atoms with van der Waals surface area (Å²) in [6.07, 6.45) is -0.601. The van der Waals surface area contributed by atoms with Crippen LogP contribution in [0.3, 0.4) is 0 Å². The second kappa shape index (κ2) is 6.55. The summed E-state index contributed by atoms with van der Waals surface area (Å²) in [6, 6.07) is 12.6. The lowest BCUT2D eigenvalue weighted by Gasteiger charge is -2.12. The average Bonchev–Trinajstić information content (AvgIpc) is 2.40. The number of aliphatic hydroxyl groups excluding tert-OH is 1. The van der Waals surface area contributed by atoms with Crippen molar-refractivity contribution in [2.24, 2.45) is 0 Å².